The van der Waals surface area contributed by atoms with Gasteiger partial charge < -0.3 is 19.4 Å². The Morgan fingerprint density at radius 1 is 0.943 bits per heavy atom. The van der Waals surface area contributed by atoms with E-state index in [9.17, 15) is 14.4 Å². The van der Waals surface area contributed by atoms with Crippen molar-refractivity contribution in [3.05, 3.63) is 100 Å². The minimum absolute atomic E-state index is 0.0482. The number of aromatic nitrogens is 1. The summed E-state index contributed by atoms with van der Waals surface area (Å²) in [6.45, 7) is 1.31. The number of nitrogens with zero attached hydrogens (tertiary/aromatic N) is 1. The van der Waals surface area contributed by atoms with Crippen LogP contribution in [-0.4, -0.2) is 23.6 Å². The Balaban J connectivity index is 1.80. The summed E-state index contributed by atoms with van der Waals surface area (Å²) in [6.07, 6.45) is -1.11. The monoisotopic (exact) mass is 470 g/mol. The van der Waals surface area contributed by atoms with Gasteiger partial charge in [-0.1, -0.05) is 60.7 Å². The van der Waals surface area contributed by atoms with E-state index < -0.39 is 18.0 Å². The van der Waals surface area contributed by atoms with E-state index in [0.717, 1.165) is 16.5 Å². The zero-order chi connectivity index (χ0) is 24.9. The van der Waals surface area contributed by atoms with Crippen LogP contribution in [0.2, 0.25) is 0 Å². The van der Waals surface area contributed by atoms with Crippen molar-refractivity contribution in [3.63, 3.8) is 0 Å². The fourth-order valence-corrected chi connectivity index (χ4v) is 4.13. The quantitative estimate of drug-likeness (QED) is 0.411. The minimum atomic E-state index is -1.11. The van der Waals surface area contributed by atoms with E-state index in [0.29, 0.717) is 22.4 Å². The third-order valence-corrected chi connectivity index (χ3v) is 5.84. The molecule has 0 radical (unpaired) electrons. The summed E-state index contributed by atoms with van der Waals surface area (Å²) in [5, 5.41) is 4.14. The SMILES string of the molecule is COc1ccc2c(=O)n(C)c(CNC(=O)C(OC(C)=O)c3ccccc3)c(-c3ccccc3)c2c1. The summed E-state index contributed by atoms with van der Waals surface area (Å²) in [5.74, 6) is -0.426. The van der Waals surface area contributed by atoms with Crippen molar-refractivity contribution < 1.29 is 19.1 Å². The van der Waals surface area contributed by atoms with Crippen LogP contribution in [0.4, 0.5) is 0 Å². The molecule has 35 heavy (non-hydrogen) atoms. The maximum atomic E-state index is 13.2. The van der Waals surface area contributed by atoms with Crippen molar-refractivity contribution in [2.75, 3.05) is 7.11 Å². The Morgan fingerprint density at radius 2 is 1.60 bits per heavy atom. The lowest BCUT2D eigenvalue weighted by Gasteiger charge is -2.21. The third kappa shape index (κ3) is 4.94. The number of pyridine rings is 1. The van der Waals surface area contributed by atoms with E-state index in [1.807, 2.05) is 42.5 Å². The van der Waals surface area contributed by atoms with Crippen LogP contribution >= 0.6 is 0 Å². The molecule has 178 valence electrons. The molecule has 0 aliphatic rings. The van der Waals surface area contributed by atoms with Gasteiger partial charge in [-0.05, 0) is 23.8 Å². The number of rotatable bonds is 7. The molecule has 0 aliphatic heterocycles. The van der Waals surface area contributed by atoms with Gasteiger partial charge in [0.1, 0.15) is 5.75 Å². The summed E-state index contributed by atoms with van der Waals surface area (Å²) < 4.78 is 12.3. The lowest BCUT2D eigenvalue weighted by atomic mass is 9.96. The fourth-order valence-electron chi connectivity index (χ4n) is 4.13. The molecular formula is C28H26N2O5. The van der Waals surface area contributed by atoms with E-state index in [1.54, 1.807) is 55.1 Å². The molecule has 7 nitrogen and oxygen atoms in total. The molecule has 1 unspecified atom stereocenters. The standard InChI is InChI=1S/C28H26N2O5/c1-18(31)35-26(20-12-8-5-9-13-20)27(32)29-17-24-25(19-10-6-4-7-11-19)23-16-21(34-3)14-15-22(23)28(33)30(24)2/h4-16,26H,17H2,1-3H3,(H,29,32). The average molecular weight is 471 g/mol. The van der Waals surface area contributed by atoms with Gasteiger partial charge in [0.05, 0.1) is 13.7 Å². The van der Waals surface area contributed by atoms with Crippen LogP contribution in [0.1, 0.15) is 24.3 Å². The van der Waals surface area contributed by atoms with Crippen LogP contribution in [0.15, 0.2) is 83.7 Å². The number of nitrogens with one attached hydrogen (secondary N) is 1. The van der Waals surface area contributed by atoms with Crippen LogP contribution in [-0.2, 0) is 27.9 Å². The number of carbonyl (C=O) groups is 2. The molecule has 1 N–H and O–H groups in total. The highest BCUT2D eigenvalue weighted by atomic mass is 16.5. The van der Waals surface area contributed by atoms with Gasteiger partial charge in [-0.15, -0.1) is 0 Å². The summed E-state index contributed by atoms with van der Waals surface area (Å²) in [4.78, 5) is 38.1. The van der Waals surface area contributed by atoms with Crippen molar-refractivity contribution in [2.45, 2.75) is 19.6 Å². The first-order valence-electron chi connectivity index (χ1n) is 11.2. The normalized spacial score (nSPS) is 11.6. The number of benzene rings is 3. The highest BCUT2D eigenvalue weighted by Crippen LogP contribution is 2.32. The molecule has 1 heterocycles. The number of hydrogen-bond donors (Lipinski definition) is 1. The molecule has 1 amide bonds. The Morgan fingerprint density at radius 3 is 2.23 bits per heavy atom. The zero-order valence-corrected chi connectivity index (χ0v) is 19.8. The van der Waals surface area contributed by atoms with E-state index in [-0.39, 0.29) is 12.1 Å². The highest BCUT2D eigenvalue weighted by Gasteiger charge is 2.25. The third-order valence-electron chi connectivity index (χ3n) is 5.84. The topological polar surface area (TPSA) is 86.6 Å². The van der Waals surface area contributed by atoms with Gasteiger partial charge >= 0.3 is 5.97 Å². The van der Waals surface area contributed by atoms with Crippen molar-refractivity contribution in [1.82, 2.24) is 9.88 Å². The zero-order valence-electron chi connectivity index (χ0n) is 19.8. The van der Waals surface area contributed by atoms with Gasteiger partial charge in [0.15, 0.2) is 0 Å². The maximum absolute atomic E-state index is 13.2. The minimum Gasteiger partial charge on any atom is -0.497 e. The fraction of sp³-hybridized carbons (Fsp3) is 0.179. The van der Waals surface area contributed by atoms with Crippen molar-refractivity contribution in [2.24, 2.45) is 7.05 Å². The molecule has 0 saturated heterocycles. The summed E-state index contributed by atoms with van der Waals surface area (Å²) in [7, 11) is 3.25. The second kappa shape index (κ2) is 10.3. The molecule has 0 aliphatic carbocycles. The van der Waals surface area contributed by atoms with Crippen LogP contribution in [0.25, 0.3) is 21.9 Å². The van der Waals surface area contributed by atoms with Crippen molar-refractivity contribution >= 4 is 22.6 Å². The van der Waals surface area contributed by atoms with Gasteiger partial charge in [0.2, 0.25) is 6.10 Å². The number of esters is 1. The molecule has 4 aromatic rings. The molecule has 0 spiro atoms. The molecule has 7 heteroatoms. The largest absolute Gasteiger partial charge is 0.497 e. The second-order valence-electron chi connectivity index (χ2n) is 8.08. The number of methoxy groups -OCH3 is 1. The number of fused-ring (bicyclic) bond motifs is 1. The van der Waals surface area contributed by atoms with Crippen LogP contribution in [0, 0.1) is 0 Å². The highest BCUT2D eigenvalue weighted by molar-refractivity contribution is 5.98. The van der Waals surface area contributed by atoms with Gasteiger partial charge in [-0.2, -0.15) is 0 Å². The van der Waals surface area contributed by atoms with Gasteiger partial charge in [0, 0.05) is 41.6 Å². The molecular weight excluding hydrogens is 444 g/mol. The van der Waals surface area contributed by atoms with Crippen LogP contribution in [0.3, 0.4) is 0 Å². The molecule has 1 atom stereocenters. The van der Waals surface area contributed by atoms with Gasteiger partial charge in [0.25, 0.3) is 11.5 Å². The van der Waals surface area contributed by atoms with E-state index >= 15 is 0 Å². The maximum Gasteiger partial charge on any atom is 0.303 e. The summed E-state index contributed by atoms with van der Waals surface area (Å²) in [6, 6.07) is 23.8. The molecule has 0 saturated carbocycles. The number of amides is 1. The Kier molecular flexibility index (Phi) is 6.96. The molecule has 1 aromatic heterocycles. The number of carbonyl (C=O) groups excluding carboxylic acids is 2. The van der Waals surface area contributed by atoms with E-state index in [4.69, 9.17) is 9.47 Å². The van der Waals surface area contributed by atoms with E-state index in [2.05, 4.69) is 5.32 Å². The first kappa shape index (κ1) is 23.8. The predicted molar refractivity (Wildman–Crippen MR) is 134 cm³/mol. The summed E-state index contributed by atoms with van der Waals surface area (Å²) in [5.41, 5.74) is 2.69. The Hall–Kier alpha value is -4.39. The van der Waals surface area contributed by atoms with Crippen molar-refractivity contribution in [1.29, 1.82) is 0 Å². The molecule has 4 rings (SSSR count). The number of ether oxygens (including phenoxy) is 2. The van der Waals surface area contributed by atoms with Gasteiger partial charge in [-0.3, -0.25) is 14.4 Å². The van der Waals surface area contributed by atoms with Gasteiger partial charge in [-0.25, -0.2) is 0 Å². The lowest BCUT2D eigenvalue weighted by molar-refractivity contribution is -0.154. The lowest BCUT2D eigenvalue weighted by Crippen LogP contribution is -2.34. The summed E-state index contributed by atoms with van der Waals surface area (Å²) >= 11 is 0. The average Bonchev–Trinajstić information content (AvgIpc) is 2.88. The molecule has 0 fully saturated rings. The second-order valence-corrected chi connectivity index (χ2v) is 8.08. The Bertz CT molecular complexity index is 1430. The Labute approximate surface area is 202 Å². The van der Waals surface area contributed by atoms with Crippen LogP contribution in [0.5, 0.6) is 5.75 Å². The number of hydrogen-bond acceptors (Lipinski definition) is 5. The predicted octanol–water partition coefficient (Wildman–Crippen LogP) is 4.13. The first-order valence-corrected chi connectivity index (χ1v) is 11.2. The van der Waals surface area contributed by atoms with Crippen molar-refractivity contribution in [3.8, 4) is 16.9 Å². The van der Waals surface area contributed by atoms with E-state index in [1.165, 1.54) is 6.92 Å². The first-order chi connectivity index (χ1) is 16.9. The van der Waals surface area contributed by atoms with Crippen LogP contribution < -0.4 is 15.6 Å². The smallest absolute Gasteiger partial charge is 0.303 e. The molecule has 0 bridgehead atoms. The molecule has 3 aromatic carbocycles.